The Labute approximate surface area is 159 Å². The summed E-state index contributed by atoms with van der Waals surface area (Å²) in [7, 11) is 0. The Morgan fingerprint density at radius 1 is 1.44 bits per heavy atom. The number of nitrogens with two attached hydrogens (primary N) is 1. The molecule has 1 aliphatic rings. The maximum Gasteiger partial charge on any atom is 0.417 e. The first-order valence-electron chi connectivity index (χ1n) is 8.12. The molecule has 0 unspecified atom stereocenters. The molecule has 0 saturated carbocycles. The molecular formula is C17H21ClF3N4O2+. The van der Waals surface area contributed by atoms with Crippen molar-refractivity contribution in [2.24, 2.45) is 16.1 Å². The predicted octanol–water partition coefficient (Wildman–Crippen LogP) is 2.87. The summed E-state index contributed by atoms with van der Waals surface area (Å²) in [6.07, 6.45) is -2.11. The van der Waals surface area contributed by atoms with Gasteiger partial charge in [-0.05, 0) is 33.3 Å². The number of hydrogen-bond donors (Lipinski definition) is 1. The van der Waals surface area contributed by atoms with Gasteiger partial charge >= 0.3 is 6.18 Å². The van der Waals surface area contributed by atoms with Crippen LogP contribution in [0.1, 0.15) is 32.8 Å². The van der Waals surface area contributed by atoms with Crippen molar-refractivity contribution in [3.8, 4) is 0 Å². The highest BCUT2D eigenvalue weighted by molar-refractivity contribution is 6.33. The number of nitrogens with zero attached hydrogens (tertiary/aromatic N) is 3. The van der Waals surface area contributed by atoms with Crippen molar-refractivity contribution in [1.29, 1.82) is 0 Å². The molecule has 0 aromatic carbocycles. The number of allylic oxidation sites excluding steroid dienone is 1. The minimum absolute atomic E-state index is 0.0921. The highest BCUT2D eigenvalue weighted by Gasteiger charge is 2.38. The topological polar surface area (TPSA) is 94.5 Å². The molecule has 0 aliphatic carbocycles. The molecule has 10 heteroatoms. The zero-order chi connectivity index (χ0) is 20.6. The van der Waals surface area contributed by atoms with Gasteiger partial charge in [0.05, 0.1) is 22.1 Å². The molecule has 2 heterocycles. The minimum atomic E-state index is -4.55. The van der Waals surface area contributed by atoms with Crippen molar-refractivity contribution in [1.82, 2.24) is 4.98 Å². The van der Waals surface area contributed by atoms with Crippen molar-refractivity contribution in [2.45, 2.75) is 39.4 Å². The number of alkyl halides is 3. The number of aliphatic imine (C=N–C) groups is 1. The molecule has 1 aromatic rings. The van der Waals surface area contributed by atoms with Gasteiger partial charge in [-0.25, -0.2) is 4.98 Å². The minimum Gasteiger partial charge on any atom is -0.596 e. The molecule has 2 rings (SSSR count). The molecule has 4 N–H and O–H groups in total. The number of amides is 1. The Balaban J connectivity index is 2.18. The van der Waals surface area contributed by atoms with Gasteiger partial charge in [0.1, 0.15) is 17.7 Å². The molecule has 6 nitrogen and oxygen atoms in total. The summed E-state index contributed by atoms with van der Waals surface area (Å²) in [4.78, 5) is 21.4. The lowest BCUT2D eigenvalue weighted by atomic mass is 9.93. The normalized spacial score (nSPS) is 19.1. The number of pyridine rings is 1. The van der Waals surface area contributed by atoms with E-state index < -0.39 is 29.1 Å². The first-order valence-corrected chi connectivity index (χ1v) is 8.49. The Morgan fingerprint density at radius 2 is 2.07 bits per heavy atom. The van der Waals surface area contributed by atoms with Crippen molar-refractivity contribution in [2.75, 3.05) is 11.4 Å². The van der Waals surface area contributed by atoms with Crippen LogP contribution in [-0.2, 0) is 11.0 Å². The average Bonchev–Trinajstić information content (AvgIpc) is 2.45. The largest absolute Gasteiger partial charge is 0.596 e. The van der Waals surface area contributed by atoms with Crippen LogP contribution in [0.2, 0.25) is 5.02 Å². The summed E-state index contributed by atoms with van der Waals surface area (Å²) in [5, 5.41) is 7.70. The first-order chi connectivity index (χ1) is 12.3. The summed E-state index contributed by atoms with van der Waals surface area (Å²) < 4.78 is 38.1. The van der Waals surface area contributed by atoms with Crippen LogP contribution in [0.15, 0.2) is 29.1 Å². The van der Waals surface area contributed by atoms with Gasteiger partial charge in [-0.3, -0.25) is 4.79 Å². The van der Waals surface area contributed by atoms with Crippen LogP contribution in [0.4, 0.5) is 19.0 Å². The van der Waals surface area contributed by atoms with E-state index in [-0.39, 0.29) is 22.4 Å². The van der Waals surface area contributed by atoms with Gasteiger partial charge in [0.25, 0.3) is 5.91 Å². The van der Waals surface area contributed by atoms with Crippen molar-refractivity contribution in [3.63, 3.8) is 0 Å². The van der Waals surface area contributed by atoms with Crippen LogP contribution in [-0.4, -0.2) is 34.4 Å². The van der Waals surface area contributed by atoms with Gasteiger partial charge in [-0.2, -0.15) is 18.2 Å². The summed E-state index contributed by atoms with van der Waals surface area (Å²) in [5.41, 5.74) is 4.32. The Hall–Kier alpha value is -2.29. The van der Waals surface area contributed by atoms with E-state index in [0.29, 0.717) is 19.2 Å². The third-order valence-corrected chi connectivity index (χ3v) is 4.34. The molecule has 0 radical (unpaired) electrons. The lowest BCUT2D eigenvalue weighted by Crippen LogP contribution is -2.53. The maximum atomic E-state index is 12.7. The molecule has 27 heavy (non-hydrogen) atoms. The van der Waals surface area contributed by atoms with Gasteiger partial charge in [-0.1, -0.05) is 11.6 Å². The van der Waals surface area contributed by atoms with Gasteiger partial charge in [0.2, 0.25) is 5.76 Å². The Bertz CT molecular complexity index is 800. The number of amidine groups is 1. The van der Waals surface area contributed by atoms with E-state index in [0.717, 1.165) is 6.07 Å². The summed E-state index contributed by atoms with van der Waals surface area (Å²) >= 11 is 5.93. The fraction of sp³-hybridized carbons (Fsp3) is 0.471. The van der Waals surface area contributed by atoms with E-state index in [1.54, 1.807) is 0 Å². The van der Waals surface area contributed by atoms with Crippen LogP contribution in [0, 0.1) is 5.41 Å². The summed E-state index contributed by atoms with van der Waals surface area (Å²) in [6, 6.07) is 0.0716. The van der Waals surface area contributed by atoms with E-state index >= 15 is 0 Å². The Kier molecular flexibility index (Phi) is 5.74. The number of rotatable bonds is 3. The molecule has 0 spiro atoms. The molecular weight excluding hydrogens is 385 g/mol. The van der Waals surface area contributed by atoms with Crippen molar-refractivity contribution >= 4 is 29.2 Å². The quantitative estimate of drug-likeness (QED) is 0.362. The van der Waals surface area contributed by atoms with Crippen LogP contribution in [0.25, 0.3) is 0 Å². The smallest absolute Gasteiger partial charge is 0.417 e. The second-order valence-electron chi connectivity index (χ2n) is 7.21. The molecule has 148 valence electrons. The maximum absolute atomic E-state index is 12.7. The van der Waals surface area contributed by atoms with Crippen LogP contribution < -0.4 is 10.6 Å². The number of carbonyl (C=O) groups is 1. The Morgan fingerprint density at radius 3 is 2.52 bits per heavy atom. The van der Waals surface area contributed by atoms with Crippen molar-refractivity contribution < 1.29 is 23.1 Å². The van der Waals surface area contributed by atoms with E-state index in [1.165, 1.54) is 11.0 Å². The molecule has 1 aliphatic heterocycles. The number of halogens is 4. The molecule has 0 bridgehead atoms. The van der Waals surface area contributed by atoms with Crippen molar-refractivity contribution in [3.05, 3.63) is 34.7 Å². The highest BCUT2D eigenvalue weighted by atomic mass is 35.5. The molecule has 1 fully saturated rings. The fourth-order valence-electron chi connectivity index (χ4n) is 2.29. The van der Waals surface area contributed by atoms with Gasteiger partial charge < -0.3 is 15.7 Å². The SMILES string of the molecule is CC(C)(C)/C([OH2+])=C/C(N)=NC(=O)[C@@H]1CCN1c1ncc(C(F)(F)F)cc1Cl. The molecule has 1 aromatic heterocycles. The van der Waals surface area contributed by atoms with Crippen LogP contribution in [0.5, 0.6) is 0 Å². The molecule has 1 amide bonds. The number of anilines is 1. The second-order valence-corrected chi connectivity index (χ2v) is 7.62. The fourth-order valence-corrected chi connectivity index (χ4v) is 2.57. The zero-order valence-electron chi connectivity index (χ0n) is 15.1. The van der Waals surface area contributed by atoms with E-state index in [1.807, 2.05) is 20.8 Å². The molecule has 1 saturated heterocycles. The molecule has 1 atom stereocenters. The van der Waals surface area contributed by atoms with E-state index in [2.05, 4.69) is 9.98 Å². The van der Waals surface area contributed by atoms with E-state index in [4.69, 9.17) is 22.4 Å². The van der Waals surface area contributed by atoms with E-state index in [9.17, 15) is 18.0 Å². The standard InChI is InChI=1S/C17H20ClF3N4O2/c1-16(2,3)12(26)7-13(22)24-15(27)11-4-5-25(11)14-10(18)6-9(8-23-14)17(19,20)21/h6-8,11,26H,4-5H2,1-3H3,(H2,22,24,27)/p+1/b12-7-/t11-/m0/s1. The third kappa shape index (κ3) is 4.91. The zero-order valence-corrected chi connectivity index (χ0v) is 15.8. The van der Waals surface area contributed by atoms with Crippen LogP contribution in [0.3, 0.4) is 0 Å². The van der Waals surface area contributed by atoms with Crippen LogP contribution >= 0.6 is 11.6 Å². The van der Waals surface area contributed by atoms with Gasteiger partial charge in [0, 0.05) is 12.7 Å². The lowest BCUT2D eigenvalue weighted by molar-refractivity contribution is -0.137. The lowest BCUT2D eigenvalue weighted by Gasteiger charge is -2.40. The highest BCUT2D eigenvalue weighted by Crippen LogP contribution is 2.36. The predicted molar refractivity (Wildman–Crippen MR) is 97.8 cm³/mol. The monoisotopic (exact) mass is 405 g/mol. The third-order valence-electron chi connectivity index (χ3n) is 4.07. The van der Waals surface area contributed by atoms with Gasteiger partial charge in [-0.15, -0.1) is 0 Å². The summed E-state index contributed by atoms with van der Waals surface area (Å²) in [5.74, 6) is -0.350. The van der Waals surface area contributed by atoms with Gasteiger partial charge in [0.15, 0.2) is 0 Å². The number of aromatic nitrogens is 1. The second kappa shape index (κ2) is 7.38. The number of hydrogen-bond acceptors (Lipinski definition) is 3. The first kappa shape index (κ1) is 21.0. The average molecular weight is 406 g/mol. The summed E-state index contributed by atoms with van der Waals surface area (Å²) in [6.45, 7) is 5.89. The number of carbonyl (C=O) groups excluding carboxylic acids is 1.